The molecule has 4 N–H and O–H groups in total. The van der Waals surface area contributed by atoms with E-state index in [0.717, 1.165) is 50.0 Å². The van der Waals surface area contributed by atoms with Gasteiger partial charge in [0.2, 0.25) is 5.95 Å². The van der Waals surface area contributed by atoms with Gasteiger partial charge in [0.05, 0.1) is 5.69 Å². The third kappa shape index (κ3) is 5.34. The lowest BCUT2D eigenvalue weighted by Crippen LogP contribution is -2.35. The molecule has 138 valence electrons. The summed E-state index contributed by atoms with van der Waals surface area (Å²) in [6.45, 7) is 2.80. The number of rotatable bonds is 5. The molecule has 2 heterocycles. The number of nitrogen functional groups attached to an aromatic ring is 1. The minimum atomic E-state index is 0. The fourth-order valence-corrected chi connectivity index (χ4v) is 3.31. The Kier molecular flexibility index (Phi) is 8.50. The van der Waals surface area contributed by atoms with Crippen molar-refractivity contribution in [3.63, 3.8) is 0 Å². The van der Waals surface area contributed by atoms with Gasteiger partial charge in [-0.2, -0.15) is 4.98 Å². The summed E-state index contributed by atoms with van der Waals surface area (Å²) < 4.78 is 5.42. The number of halogens is 2. The van der Waals surface area contributed by atoms with Gasteiger partial charge in [0.25, 0.3) is 0 Å². The summed E-state index contributed by atoms with van der Waals surface area (Å²) in [5.41, 5.74) is 12.8. The molecular formula is C16H29Cl2N5O. The maximum absolute atomic E-state index is 5.89. The fourth-order valence-electron chi connectivity index (χ4n) is 3.31. The van der Waals surface area contributed by atoms with Crippen LogP contribution in [-0.4, -0.2) is 42.8 Å². The first-order valence-corrected chi connectivity index (χ1v) is 8.30. The zero-order valence-electron chi connectivity index (χ0n) is 14.2. The second-order valence-electron chi connectivity index (χ2n) is 6.70. The van der Waals surface area contributed by atoms with Crippen molar-refractivity contribution in [3.8, 4) is 0 Å². The Labute approximate surface area is 156 Å². The minimum absolute atomic E-state index is 0. The van der Waals surface area contributed by atoms with E-state index >= 15 is 0 Å². The Morgan fingerprint density at radius 1 is 1.21 bits per heavy atom. The molecule has 0 atom stereocenters. The molecule has 0 amide bonds. The molecule has 1 saturated carbocycles. The highest BCUT2D eigenvalue weighted by Crippen LogP contribution is 2.35. The van der Waals surface area contributed by atoms with Gasteiger partial charge in [0.15, 0.2) is 0 Å². The van der Waals surface area contributed by atoms with E-state index in [0.29, 0.717) is 17.9 Å². The highest BCUT2D eigenvalue weighted by Gasteiger charge is 2.29. The van der Waals surface area contributed by atoms with Gasteiger partial charge >= 0.3 is 0 Å². The van der Waals surface area contributed by atoms with Crippen molar-refractivity contribution >= 4 is 36.6 Å². The Morgan fingerprint density at radius 2 is 1.88 bits per heavy atom. The summed E-state index contributed by atoms with van der Waals surface area (Å²) in [7, 11) is 2.08. The molecule has 1 saturated heterocycles. The normalized spacial score (nSPS) is 23.6. The molecule has 1 aliphatic carbocycles. The van der Waals surface area contributed by atoms with Gasteiger partial charge in [0, 0.05) is 44.8 Å². The first kappa shape index (κ1) is 21.2. The van der Waals surface area contributed by atoms with Gasteiger partial charge in [-0.3, -0.25) is 0 Å². The van der Waals surface area contributed by atoms with E-state index in [1.165, 1.54) is 19.3 Å². The molecule has 3 rings (SSSR count). The van der Waals surface area contributed by atoms with E-state index in [1.54, 1.807) is 0 Å². The molecule has 8 heteroatoms. The lowest BCUT2D eigenvalue weighted by Gasteiger charge is -2.32. The Morgan fingerprint density at radius 3 is 2.50 bits per heavy atom. The van der Waals surface area contributed by atoms with Gasteiger partial charge in [-0.05, 0) is 38.0 Å². The number of aromatic nitrogens is 2. The summed E-state index contributed by atoms with van der Waals surface area (Å²) in [4.78, 5) is 11.0. The van der Waals surface area contributed by atoms with Gasteiger partial charge < -0.3 is 21.1 Å². The number of hydrogen-bond donors (Lipinski definition) is 2. The van der Waals surface area contributed by atoms with Crippen molar-refractivity contribution in [2.45, 2.75) is 44.1 Å². The molecule has 2 aliphatic rings. The summed E-state index contributed by atoms with van der Waals surface area (Å²) >= 11 is 0. The van der Waals surface area contributed by atoms with E-state index in [-0.39, 0.29) is 24.8 Å². The Balaban J connectivity index is 0.00000144. The van der Waals surface area contributed by atoms with Crippen LogP contribution in [-0.2, 0) is 4.74 Å². The number of hydrogen-bond acceptors (Lipinski definition) is 6. The predicted molar refractivity (Wildman–Crippen MR) is 102 cm³/mol. The molecule has 2 fully saturated rings. The van der Waals surface area contributed by atoms with Crippen LogP contribution in [0.3, 0.4) is 0 Å². The molecule has 0 radical (unpaired) electrons. The van der Waals surface area contributed by atoms with Gasteiger partial charge in [0.1, 0.15) is 5.82 Å². The van der Waals surface area contributed by atoms with Crippen LogP contribution in [0.25, 0.3) is 0 Å². The van der Waals surface area contributed by atoms with Crippen LogP contribution in [0.5, 0.6) is 0 Å². The van der Waals surface area contributed by atoms with E-state index in [1.807, 2.05) is 0 Å². The smallest absolute Gasteiger partial charge is 0.222 e. The SMILES string of the molecule is CN(CCC1CCOCC1)c1cc(C2CC(N)C2)nc(N)n1.Cl.Cl. The van der Waals surface area contributed by atoms with Crippen LogP contribution in [0.4, 0.5) is 11.8 Å². The number of nitrogens with two attached hydrogens (primary N) is 2. The first-order valence-electron chi connectivity index (χ1n) is 8.30. The fraction of sp³-hybridized carbons (Fsp3) is 0.750. The second kappa shape index (κ2) is 9.61. The average molecular weight is 378 g/mol. The zero-order chi connectivity index (χ0) is 15.5. The lowest BCUT2D eigenvalue weighted by molar-refractivity contribution is 0.0645. The van der Waals surface area contributed by atoms with Crippen LogP contribution < -0.4 is 16.4 Å². The standard InChI is InChI=1S/C16H27N5O.2ClH/c1-21(5-2-11-3-6-22-7-4-11)15-10-14(19-16(18)20-15)12-8-13(17)9-12;;/h10-13H,2-9,17H2,1H3,(H2,18,19,20);2*1H. The van der Waals surface area contributed by atoms with Crippen LogP contribution in [0.2, 0.25) is 0 Å². The third-order valence-electron chi connectivity index (χ3n) is 4.95. The Hall–Kier alpha value is -0.820. The molecule has 0 bridgehead atoms. The molecule has 0 unspecified atom stereocenters. The number of anilines is 2. The number of nitrogens with zero attached hydrogens (tertiary/aromatic N) is 3. The van der Waals surface area contributed by atoms with E-state index in [9.17, 15) is 0 Å². The van der Waals surface area contributed by atoms with Crippen molar-refractivity contribution in [1.82, 2.24) is 9.97 Å². The van der Waals surface area contributed by atoms with Gasteiger partial charge in [-0.1, -0.05) is 0 Å². The van der Waals surface area contributed by atoms with E-state index < -0.39 is 0 Å². The van der Waals surface area contributed by atoms with Crippen molar-refractivity contribution in [1.29, 1.82) is 0 Å². The molecule has 1 aromatic heterocycles. The maximum atomic E-state index is 5.89. The third-order valence-corrected chi connectivity index (χ3v) is 4.95. The van der Waals surface area contributed by atoms with Crippen LogP contribution in [0.1, 0.15) is 43.7 Å². The minimum Gasteiger partial charge on any atom is -0.381 e. The summed E-state index contributed by atoms with van der Waals surface area (Å²) in [5, 5.41) is 0. The molecule has 0 spiro atoms. The van der Waals surface area contributed by atoms with Crippen LogP contribution in [0, 0.1) is 5.92 Å². The average Bonchev–Trinajstić information content (AvgIpc) is 2.50. The highest BCUT2D eigenvalue weighted by atomic mass is 35.5. The quantitative estimate of drug-likeness (QED) is 0.818. The zero-order valence-corrected chi connectivity index (χ0v) is 15.8. The largest absolute Gasteiger partial charge is 0.381 e. The second-order valence-corrected chi connectivity index (χ2v) is 6.70. The van der Waals surface area contributed by atoms with Crippen LogP contribution in [0.15, 0.2) is 6.07 Å². The van der Waals surface area contributed by atoms with Crippen molar-refractivity contribution in [2.75, 3.05) is 37.4 Å². The topological polar surface area (TPSA) is 90.3 Å². The summed E-state index contributed by atoms with van der Waals surface area (Å²) in [5.74, 6) is 2.50. The lowest BCUT2D eigenvalue weighted by atomic mass is 9.78. The monoisotopic (exact) mass is 377 g/mol. The number of ether oxygens (including phenoxy) is 1. The maximum Gasteiger partial charge on any atom is 0.222 e. The van der Waals surface area contributed by atoms with Crippen molar-refractivity contribution in [2.24, 2.45) is 11.7 Å². The molecule has 24 heavy (non-hydrogen) atoms. The molecule has 1 aromatic rings. The Bertz CT molecular complexity index is 507. The van der Waals surface area contributed by atoms with E-state index in [2.05, 4.69) is 28.0 Å². The predicted octanol–water partition coefficient (Wildman–Crippen LogP) is 2.36. The summed E-state index contributed by atoms with van der Waals surface area (Å²) in [6.07, 6.45) is 5.52. The van der Waals surface area contributed by atoms with Crippen molar-refractivity contribution < 1.29 is 4.74 Å². The van der Waals surface area contributed by atoms with Crippen molar-refractivity contribution in [3.05, 3.63) is 11.8 Å². The van der Waals surface area contributed by atoms with Crippen LogP contribution >= 0.6 is 24.8 Å². The van der Waals surface area contributed by atoms with Gasteiger partial charge in [-0.25, -0.2) is 4.98 Å². The molecule has 6 nitrogen and oxygen atoms in total. The highest BCUT2D eigenvalue weighted by molar-refractivity contribution is 5.85. The molecular weight excluding hydrogens is 349 g/mol. The van der Waals surface area contributed by atoms with Gasteiger partial charge in [-0.15, -0.1) is 24.8 Å². The summed E-state index contributed by atoms with van der Waals surface area (Å²) in [6, 6.07) is 2.40. The molecule has 0 aromatic carbocycles. The van der Waals surface area contributed by atoms with E-state index in [4.69, 9.17) is 16.2 Å². The first-order chi connectivity index (χ1) is 10.6. The molecule has 1 aliphatic heterocycles.